The second-order valence-corrected chi connectivity index (χ2v) is 5.12. The molecular weight excluding hydrogens is 332 g/mol. The molecule has 0 heterocycles. The molecule has 0 aliphatic heterocycles. The number of hydrazone groups is 1. The normalized spacial score (nSPS) is 10.8. The van der Waals surface area contributed by atoms with Crippen LogP contribution in [0.1, 0.15) is 18.1 Å². The van der Waals surface area contributed by atoms with Crippen LogP contribution >= 0.6 is 0 Å². The molecule has 0 radical (unpaired) electrons. The molecule has 0 aliphatic rings. The van der Waals surface area contributed by atoms with Crippen LogP contribution in [0.25, 0.3) is 6.08 Å². The van der Waals surface area contributed by atoms with Crippen LogP contribution in [0, 0.1) is 0 Å². The first-order valence-corrected chi connectivity index (χ1v) is 8.21. The van der Waals surface area contributed by atoms with Crippen molar-refractivity contribution in [3.8, 4) is 11.5 Å². The highest BCUT2D eigenvalue weighted by Crippen LogP contribution is 2.27. The van der Waals surface area contributed by atoms with Gasteiger partial charge in [-0.15, -0.1) is 0 Å². The van der Waals surface area contributed by atoms with Gasteiger partial charge in [0.1, 0.15) is 6.61 Å². The summed E-state index contributed by atoms with van der Waals surface area (Å²) in [4.78, 5) is 11.2. The lowest BCUT2D eigenvalue weighted by Crippen LogP contribution is -2.18. The van der Waals surface area contributed by atoms with Crippen molar-refractivity contribution >= 4 is 18.4 Å². The Balaban J connectivity index is 1.92. The number of hydrogen-bond acceptors (Lipinski definition) is 5. The van der Waals surface area contributed by atoms with E-state index in [2.05, 4.69) is 10.5 Å². The highest BCUT2D eigenvalue weighted by Gasteiger charge is 2.04. The molecule has 0 spiro atoms. The third kappa shape index (κ3) is 6.32. The summed E-state index contributed by atoms with van der Waals surface area (Å²) in [5.41, 5.74) is 4.14. The Labute approximate surface area is 153 Å². The number of nitrogens with zero attached hydrogens (tertiary/aromatic N) is 1. The zero-order valence-corrected chi connectivity index (χ0v) is 14.8. The Morgan fingerprint density at radius 2 is 1.92 bits per heavy atom. The summed E-state index contributed by atoms with van der Waals surface area (Å²) in [7, 11) is 1.57. The number of methoxy groups -OCH3 is 1. The van der Waals surface area contributed by atoms with E-state index in [9.17, 15) is 4.79 Å². The predicted molar refractivity (Wildman–Crippen MR) is 102 cm³/mol. The molecule has 2 rings (SSSR count). The van der Waals surface area contributed by atoms with E-state index < -0.39 is 6.09 Å². The topological polar surface area (TPSA) is 69.2 Å². The number of carbonyl (C=O) groups is 1. The fourth-order valence-corrected chi connectivity index (χ4v) is 2.09. The van der Waals surface area contributed by atoms with Crippen LogP contribution in [0.4, 0.5) is 4.79 Å². The van der Waals surface area contributed by atoms with Crippen molar-refractivity contribution < 1.29 is 19.0 Å². The molecule has 0 unspecified atom stereocenters. The third-order valence-corrected chi connectivity index (χ3v) is 3.28. The Hall–Kier alpha value is -3.28. The minimum atomic E-state index is -0.596. The first kappa shape index (κ1) is 19.1. The molecule has 26 heavy (non-hydrogen) atoms. The maximum Gasteiger partial charge on any atom is 0.427 e. The molecule has 0 fully saturated rings. The van der Waals surface area contributed by atoms with Gasteiger partial charge in [0.15, 0.2) is 11.5 Å². The van der Waals surface area contributed by atoms with E-state index in [1.165, 1.54) is 6.21 Å². The van der Waals surface area contributed by atoms with Gasteiger partial charge in [-0.05, 0) is 42.3 Å². The minimum Gasteiger partial charge on any atom is -0.493 e. The average Bonchev–Trinajstić information content (AvgIpc) is 2.67. The van der Waals surface area contributed by atoms with Gasteiger partial charge in [0.2, 0.25) is 0 Å². The molecule has 2 aromatic carbocycles. The highest BCUT2D eigenvalue weighted by molar-refractivity contribution is 5.82. The zero-order chi connectivity index (χ0) is 18.6. The van der Waals surface area contributed by atoms with Crippen molar-refractivity contribution in [2.75, 3.05) is 20.3 Å². The van der Waals surface area contributed by atoms with Crippen molar-refractivity contribution in [2.45, 2.75) is 6.92 Å². The molecule has 0 aliphatic carbocycles. The van der Waals surface area contributed by atoms with Gasteiger partial charge in [-0.3, -0.25) is 0 Å². The Morgan fingerprint density at radius 1 is 1.12 bits per heavy atom. The van der Waals surface area contributed by atoms with E-state index >= 15 is 0 Å². The van der Waals surface area contributed by atoms with E-state index in [1.54, 1.807) is 26.2 Å². The average molecular weight is 354 g/mol. The molecular formula is C20H22N2O4. The molecule has 0 saturated heterocycles. The van der Waals surface area contributed by atoms with E-state index in [0.29, 0.717) is 24.7 Å². The zero-order valence-electron chi connectivity index (χ0n) is 14.8. The van der Waals surface area contributed by atoms with E-state index in [4.69, 9.17) is 14.2 Å². The van der Waals surface area contributed by atoms with Crippen molar-refractivity contribution in [2.24, 2.45) is 5.10 Å². The standard InChI is InChI=1S/C20H22N2O4/c1-3-25-20(23)22-21-15-17-11-12-18(19(14-17)24-2)26-13-7-10-16-8-5-4-6-9-16/h4-12,14-15H,3,13H2,1-2H3,(H,22,23)/b10-7+,21-15+. The second kappa shape index (κ2) is 10.6. The monoisotopic (exact) mass is 354 g/mol. The van der Waals surface area contributed by atoms with Gasteiger partial charge in [0.05, 0.1) is 19.9 Å². The van der Waals surface area contributed by atoms with Gasteiger partial charge in [-0.25, -0.2) is 10.2 Å². The Bertz CT molecular complexity index is 758. The Kier molecular flexibility index (Phi) is 7.74. The number of carbonyl (C=O) groups excluding carboxylic acids is 1. The lowest BCUT2D eigenvalue weighted by molar-refractivity contribution is 0.152. The first-order chi connectivity index (χ1) is 12.7. The number of amides is 1. The lowest BCUT2D eigenvalue weighted by atomic mass is 10.2. The smallest absolute Gasteiger partial charge is 0.427 e. The van der Waals surface area contributed by atoms with E-state index in [1.807, 2.05) is 48.6 Å². The van der Waals surface area contributed by atoms with Gasteiger partial charge in [-0.2, -0.15) is 5.10 Å². The molecule has 136 valence electrons. The van der Waals surface area contributed by atoms with Gasteiger partial charge >= 0.3 is 6.09 Å². The van der Waals surface area contributed by atoms with Crippen LogP contribution < -0.4 is 14.9 Å². The summed E-state index contributed by atoms with van der Waals surface area (Å²) < 4.78 is 15.8. The first-order valence-electron chi connectivity index (χ1n) is 8.21. The van der Waals surface area contributed by atoms with Crippen LogP contribution in [0.5, 0.6) is 11.5 Å². The van der Waals surface area contributed by atoms with Gasteiger partial charge in [-0.1, -0.05) is 36.4 Å². The molecule has 0 atom stereocenters. The van der Waals surface area contributed by atoms with Crippen molar-refractivity contribution in [3.63, 3.8) is 0 Å². The summed E-state index contributed by atoms with van der Waals surface area (Å²) in [6, 6.07) is 15.4. The van der Waals surface area contributed by atoms with Crippen LogP contribution in [0.15, 0.2) is 59.7 Å². The molecule has 0 saturated carbocycles. The number of benzene rings is 2. The predicted octanol–water partition coefficient (Wildman–Crippen LogP) is 3.87. The van der Waals surface area contributed by atoms with Gasteiger partial charge in [0.25, 0.3) is 0 Å². The van der Waals surface area contributed by atoms with Crippen molar-refractivity contribution in [1.82, 2.24) is 5.43 Å². The quantitative estimate of drug-likeness (QED) is 0.577. The van der Waals surface area contributed by atoms with Gasteiger partial charge < -0.3 is 14.2 Å². The van der Waals surface area contributed by atoms with Crippen LogP contribution in [0.3, 0.4) is 0 Å². The lowest BCUT2D eigenvalue weighted by Gasteiger charge is -2.09. The van der Waals surface area contributed by atoms with Gasteiger partial charge in [0, 0.05) is 0 Å². The summed E-state index contributed by atoms with van der Waals surface area (Å²) >= 11 is 0. The maximum atomic E-state index is 11.2. The molecule has 6 nitrogen and oxygen atoms in total. The number of rotatable bonds is 8. The fraction of sp³-hybridized carbons (Fsp3) is 0.200. The molecule has 6 heteroatoms. The van der Waals surface area contributed by atoms with Crippen molar-refractivity contribution in [1.29, 1.82) is 0 Å². The summed E-state index contributed by atoms with van der Waals surface area (Å²) in [5, 5.41) is 3.82. The number of nitrogens with one attached hydrogen (secondary N) is 1. The molecule has 0 aromatic heterocycles. The van der Waals surface area contributed by atoms with E-state index in [0.717, 1.165) is 11.1 Å². The maximum absolute atomic E-state index is 11.2. The number of ether oxygens (including phenoxy) is 3. The van der Waals surface area contributed by atoms with Crippen molar-refractivity contribution in [3.05, 3.63) is 65.7 Å². The van der Waals surface area contributed by atoms with Crippen LogP contribution in [0.2, 0.25) is 0 Å². The van der Waals surface area contributed by atoms with Crippen LogP contribution in [-0.4, -0.2) is 32.6 Å². The molecule has 2 aromatic rings. The summed E-state index contributed by atoms with van der Waals surface area (Å²) in [5.74, 6) is 1.21. The number of hydrogen-bond donors (Lipinski definition) is 1. The SMILES string of the molecule is CCOC(=O)N/N=C/c1ccc(OC/C=C/c2ccccc2)c(OC)c1. The third-order valence-electron chi connectivity index (χ3n) is 3.28. The Morgan fingerprint density at radius 3 is 2.65 bits per heavy atom. The minimum absolute atomic E-state index is 0.292. The van der Waals surface area contributed by atoms with Crippen LogP contribution in [-0.2, 0) is 4.74 Å². The highest BCUT2D eigenvalue weighted by atomic mass is 16.5. The molecule has 1 N–H and O–H groups in total. The summed E-state index contributed by atoms with van der Waals surface area (Å²) in [6.45, 7) is 2.44. The summed E-state index contributed by atoms with van der Waals surface area (Å²) in [6.07, 6.45) is 4.83. The molecule has 1 amide bonds. The van der Waals surface area contributed by atoms with E-state index in [-0.39, 0.29) is 0 Å². The second-order valence-electron chi connectivity index (χ2n) is 5.12. The molecule has 0 bridgehead atoms. The largest absolute Gasteiger partial charge is 0.493 e. The fourth-order valence-electron chi connectivity index (χ4n) is 2.09.